The lowest BCUT2D eigenvalue weighted by Crippen LogP contribution is -2.43. The van der Waals surface area contributed by atoms with Crippen molar-refractivity contribution in [3.63, 3.8) is 0 Å². The Balaban J connectivity index is 3.15. The van der Waals surface area contributed by atoms with Crippen molar-refractivity contribution >= 4 is 17.1 Å². The molecule has 1 aromatic carbocycles. The standard InChI is InChI=1S/C15H25N3O5/c1-3-14(20)17(15(21)4-2)11-6-7-12(16-8-5-9-19)13(10-11)18(22)23/h6-7,10,14-16,19-21H,3-5,8-9H2,1-2H3. The van der Waals surface area contributed by atoms with E-state index >= 15 is 0 Å². The number of benzene rings is 1. The molecule has 0 aliphatic rings. The zero-order chi connectivity index (χ0) is 17.4. The fourth-order valence-corrected chi connectivity index (χ4v) is 2.22. The van der Waals surface area contributed by atoms with Crippen LogP contribution in [0.4, 0.5) is 17.1 Å². The van der Waals surface area contributed by atoms with Crippen LogP contribution in [0.2, 0.25) is 0 Å². The predicted octanol–water partition coefficient (Wildman–Crippen LogP) is 1.65. The molecule has 0 fully saturated rings. The second kappa shape index (κ2) is 9.29. The molecule has 0 saturated heterocycles. The minimum atomic E-state index is -0.933. The lowest BCUT2D eigenvalue weighted by molar-refractivity contribution is -0.383. The first-order valence-electron chi connectivity index (χ1n) is 7.73. The molecule has 1 aromatic rings. The van der Waals surface area contributed by atoms with Crippen LogP contribution in [0.25, 0.3) is 0 Å². The van der Waals surface area contributed by atoms with Crippen molar-refractivity contribution in [2.24, 2.45) is 0 Å². The van der Waals surface area contributed by atoms with Gasteiger partial charge in [-0.2, -0.15) is 0 Å². The third-order valence-corrected chi connectivity index (χ3v) is 3.50. The van der Waals surface area contributed by atoms with Gasteiger partial charge in [0.05, 0.1) is 4.92 Å². The lowest BCUT2D eigenvalue weighted by atomic mass is 10.2. The molecule has 0 bridgehead atoms. The van der Waals surface area contributed by atoms with Crippen molar-refractivity contribution in [3.8, 4) is 0 Å². The average Bonchev–Trinajstić information content (AvgIpc) is 2.55. The van der Waals surface area contributed by atoms with Gasteiger partial charge >= 0.3 is 0 Å². The third kappa shape index (κ3) is 5.05. The highest BCUT2D eigenvalue weighted by atomic mass is 16.6. The number of nitrogens with zero attached hydrogens (tertiary/aromatic N) is 2. The molecule has 0 amide bonds. The molecule has 130 valence electrons. The van der Waals surface area contributed by atoms with Crippen LogP contribution in [-0.4, -0.2) is 45.9 Å². The number of nitro benzene ring substituents is 1. The Kier molecular flexibility index (Phi) is 7.73. The average molecular weight is 327 g/mol. The van der Waals surface area contributed by atoms with E-state index in [0.717, 1.165) is 0 Å². The Labute approximate surface area is 135 Å². The number of rotatable bonds is 10. The van der Waals surface area contributed by atoms with Gasteiger partial charge in [0.1, 0.15) is 18.1 Å². The molecule has 0 heterocycles. The van der Waals surface area contributed by atoms with Crippen LogP contribution in [0, 0.1) is 10.1 Å². The number of nitro groups is 1. The molecule has 0 spiro atoms. The summed E-state index contributed by atoms with van der Waals surface area (Å²) in [6.07, 6.45) is -0.632. The minimum absolute atomic E-state index is 0.00194. The van der Waals surface area contributed by atoms with Crippen LogP contribution in [0.5, 0.6) is 0 Å². The minimum Gasteiger partial charge on any atom is -0.396 e. The third-order valence-electron chi connectivity index (χ3n) is 3.50. The number of anilines is 2. The molecule has 1 rings (SSSR count). The van der Waals surface area contributed by atoms with Gasteiger partial charge in [-0.15, -0.1) is 0 Å². The molecule has 4 N–H and O–H groups in total. The maximum atomic E-state index is 11.3. The topological polar surface area (TPSA) is 119 Å². The van der Waals surface area contributed by atoms with E-state index in [2.05, 4.69) is 5.32 Å². The fourth-order valence-electron chi connectivity index (χ4n) is 2.22. The van der Waals surface area contributed by atoms with Crippen LogP contribution < -0.4 is 10.2 Å². The number of hydrogen-bond donors (Lipinski definition) is 4. The quantitative estimate of drug-likeness (QED) is 0.223. The molecule has 0 radical (unpaired) electrons. The number of aliphatic hydroxyl groups excluding tert-OH is 3. The number of aliphatic hydroxyl groups is 3. The SMILES string of the molecule is CCC(O)N(c1ccc(NCCCO)c([N+](=O)[O-])c1)C(O)CC. The molecule has 0 aliphatic carbocycles. The largest absolute Gasteiger partial charge is 0.396 e. The Bertz CT molecular complexity index is 502. The van der Waals surface area contributed by atoms with Gasteiger partial charge in [0.2, 0.25) is 0 Å². The summed E-state index contributed by atoms with van der Waals surface area (Å²) in [5.41, 5.74) is 0.578. The highest BCUT2D eigenvalue weighted by molar-refractivity contribution is 5.68. The smallest absolute Gasteiger partial charge is 0.294 e. The Morgan fingerprint density at radius 2 is 1.87 bits per heavy atom. The van der Waals surface area contributed by atoms with E-state index in [1.54, 1.807) is 26.0 Å². The normalized spacial score (nSPS) is 13.4. The molecule has 8 heteroatoms. The Hall–Kier alpha value is -1.90. The maximum absolute atomic E-state index is 11.3. The van der Waals surface area contributed by atoms with Crippen molar-refractivity contribution < 1.29 is 20.2 Å². The van der Waals surface area contributed by atoms with E-state index in [0.29, 0.717) is 37.2 Å². The lowest BCUT2D eigenvalue weighted by Gasteiger charge is -2.33. The van der Waals surface area contributed by atoms with Crippen molar-refractivity contribution in [2.75, 3.05) is 23.4 Å². The maximum Gasteiger partial charge on any atom is 0.294 e. The summed E-state index contributed by atoms with van der Waals surface area (Å²) in [5, 5.41) is 43.2. The number of hydrogen-bond acceptors (Lipinski definition) is 7. The first-order chi connectivity index (χ1) is 11.0. The van der Waals surface area contributed by atoms with Crippen molar-refractivity contribution in [1.29, 1.82) is 0 Å². The molecule has 8 nitrogen and oxygen atoms in total. The van der Waals surface area contributed by atoms with Crippen molar-refractivity contribution in [1.82, 2.24) is 0 Å². The van der Waals surface area contributed by atoms with Crippen LogP contribution in [-0.2, 0) is 0 Å². The van der Waals surface area contributed by atoms with E-state index in [-0.39, 0.29) is 12.3 Å². The highest BCUT2D eigenvalue weighted by Crippen LogP contribution is 2.31. The van der Waals surface area contributed by atoms with Gasteiger partial charge in [-0.05, 0) is 31.4 Å². The zero-order valence-corrected chi connectivity index (χ0v) is 13.5. The van der Waals surface area contributed by atoms with Gasteiger partial charge in [0.25, 0.3) is 5.69 Å². The van der Waals surface area contributed by atoms with Crippen molar-refractivity contribution in [2.45, 2.75) is 45.6 Å². The monoisotopic (exact) mass is 327 g/mol. The summed E-state index contributed by atoms with van der Waals surface area (Å²) in [6, 6.07) is 4.49. The molecule has 2 atom stereocenters. The van der Waals surface area contributed by atoms with Crippen LogP contribution >= 0.6 is 0 Å². The van der Waals surface area contributed by atoms with Gasteiger partial charge in [-0.1, -0.05) is 13.8 Å². The number of nitrogens with one attached hydrogen (secondary N) is 1. The molecular weight excluding hydrogens is 302 g/mol. The summed E-state index contributed by atoms with van der Waals surface area (Å²) in [4.78, 5) is 12.1. The van der Waals surface area contributed by atoms with Crippen LogP contribution in [0.15, 0.2) is 18.2 Å². The molecule has 23 heavy (non-hydrogen) atoms. The summed E-state index contributed by atoms with van der Waals surface area (Å²) >= 11 is 0. The highest BCUT2D eigenvalue weighted by Gasteiger charge is 2.24. The van der Waals surface area contributed by atoms with Crippen LogP contribution in [0.3, 0.4) is 0 Å². The summed E-state index contributed by atoms with van der Waals surface area (Å²) in [7, 11) is 0. The van der Waals surface area contributed by atoms with E-state index in [9.17, 15) is 20.3 Å². The van der Waals surface area contributed by atoms with E-state index in [1.165, 1.54) is 11.0 Å². The first kappa shape index (κ1) is 19.1. The van der Waals surface area contributed by atoms with Gasteiger partial charge in [0.15, 0.2) is 0 Å². The van der Waals surface area contributed by atoms with Gasteiger partial charge in [0, 0.05) is 24.9 Å². The van der Waals surface area contributed by atoms with E-state index < -0.39 is 17.4 Å². The second-order valence-corrected chi connectivity index (χ2v) is 5.15. The van der Waals surface area contributed by atoms with E-state index in [1.807, 2.05) is 0 Å². The zero-order valence-electron chi connectivity index (χ0n) is 13.5. The van der Waals surface area contributed by atoms with Gasteiger partial charge in [-0.3, -0.25) is 10.1 Å². The summed E-state index contributed by atoms with van der Waals surface area (Å²) < 4.78 is 0. The first-order valence-corrected chi connectivity index (χ1v) is 7.73. The Morgan fingerprint density at radius 3 is 2.35 bits per heavy atom. The van der Waals surface area contributed by atoms with Gasteiger partial charge in [-0.25, -0.2) is 0 Å². The second-order valence-electron chi connectivity index (χ2n) is 5.15. The predicted molar refractivity (Wildman–Crippen MR) is 88.4 cm³/mol. The fraction of sp³-hybridized carbons (Fsp3) is 0.600. The Morgan fingerprint density at radius 1 is 1.26 bits per heavy atom. The molecule has 0 aliphatic heterocycles. The van der Waals surface area contributed by atoms with Gasteiger partial charge < -0.3 is 25.5 Å². The van der Waals surface area contributed by atoms with E-state index in [4.69, 9.17) is 5.11 Å². The summed E-state index contributed by atoms with van der Waals surface area (Å²) in [6.45, 7) is 3.94. The molecule has 0 saturated carbocycles. The van der Waals surface area contributed by atoms with Crippen molar-refractivity contribution in [3.05, 3.63) is 28.3 Å². The molecule has 0 aromatic heterocycles. The van der Waals surface area contributed by atoms with Crippen LogP contribution in [0.1, 0.15) is 33.1 Å². The molecule has 2 unspecified atom stereocenters. The summed E-state index contributed by atoms with van der Waals surface area (Å²) in [5.74, 6) is 0. The molecular formula is C15H25N3O5.